The van der Waals surface area contributed by atoms with Crippen LogP contribution in [0.1, 0.15) is 68.9 Å². The number of rotatable bonds is 11. The molecule has 1 aromatic heterocycles. The summed E-state index contributed by atoms with van der Waals surface area (Å²) >= 11 is 3.96. The van der Waals surface area contributed by atoms with E-state index in [2.05, 4.69) is 6.92 Å². The molecule has 0 N–H and O–H groups in total. The SMILES string of the molecule is Cl.[2H]C([2H])([2H])C([2H])([2H])N(CCOc1c(I)cc(C(=O)c2c(CCCC)oc3ccccc23)cc1I)C([2H])([2H])C([2H])([2H])[2H]. The molecule has 0 amide bonds. The lowest BCUT2D eigenvalue weighted by Gasteiger charge is -2.19. The molecule has 2 aromatic carbocycles. The van der Waals surface area contributed by atoms with E-state index in [4.69, 9.17) is 22.9 Å². The monoisotopic (exact) mass is 691 g/mol. The van der Waals surface area contributed by atoms with E-state index in [0.29, 0.717) is 41.8 Å². The number of carbonyl (C=O) groups is 1. The average Bonchev–Trinajstić information content (AvgIpc) is 3.22. The molecule has 0 atom stereocenters. The number of furan rings is 1. The average molecular weight is 692 g/mol. The Morgan fingerprint density at radius 3 is 2.53 bits per heavy atom. The quantitative estimate of drug-likeness (QED) is 0.156. The number of benzene rings is 2. The summed E-state index contributed by atoms with van der Waals surface area (Å²) in [7, 11) is 0. The third-order valence-electron chi connectivity index (χ3n) is 4.74. The Labute approximate surface area is 238 Å². The van der Waals surface area contributed by atoms with Gasteiger partial charge in [-0.15, -0.1) is 12.4 Å². The Morgan fingerprint density at radius 1 is 1.19 bits per heavy atom. The summed E-state index contributed by atoms with van der Waals surface area (Å²) in [6, 6.07) is 10.6. The minimum atomic E-state index is -3.33. The van der Waals surface area contributed by atoms with Gasteiger partial charge in [0.1, 0.15) is 23.7 Å². The Morgan fingerprint density at radius 2 is 1.88 bits per heavy atom. The largest absolute Gasteiger partial charge is 0.490 e. The van der Waals surface area contributed by atoms with Crippen molar-refractivity contribution in [3.8, 4) is 5.75 Å². The van der Waals surface area contributed by atoms with E-state index in [1.165, 1.54) is 0 Å². The molecule has 0 unspecified atom stereocenters. The van der Waals surface area contributed by atoms with Crippen LogP contribution in [0.5, 0.6) is 5.75 Å². The van der Waals surface area contributed by atoms with Crippen LogP contribution >= 0.6 is 57.6 Å². The van der Waals surface area contributed by atoms with Crippen LogP contribution in [0.2, 0.25) is 0 Å². The Balaban J connectivity index is 0.00000616. The van der Waals surface area contributed by atoms with E-state index >= 15 is 0 Å². The molecule has 0 radical (unpaired) electrons. The van der Waals surface area contributed by atoms with Gasteiger partial charge < -0.3 is 14.1 Å². The van der Waals surface area contributed by atoms with Crippen LogP contribution in [0, 0.1) is 7.14 Å². The lowest BCUT2D eigenvalue weighted by Crippen LogP contribution is -2.28. The molecule has 7 heteroatoms. The number of likely N-dealkylation sites (N-methyl/N-ethyl adjacent to an activating group) is 1. The van der Waals surface area contributed by atoms with Crippen LogP contribution < -0.4 is 4.74 Å². The molecule has 0 aliphatic carbocycles. The van der Waals surface area contributed by atoms with E-state index in [9.17, 15) is 4.79 Å². The predicted octanol–water partition coefficient (Wildman–Crippen LogP) is 7.36. The number of carbonyl (C=O) groups excluding carboxylic acids is 1. The number of aryl methyl sites for hydroxylation is 1. The van der Waals surface area contributed by atoms with Crippen LogP contribution in [-0.4, -0.2) is 36.8 Å². The fraction of sp³-hybridized carbons (Fsp3) is 0.400. The maximum atomic E-state index is 13.7. The van der Waals surface area contributed by atoms with Crippen LogP contribution in [0.25, 0.3) is 11.0 Å². The summed E-state index contributed by atoms with van der Waals surface area (Å²) in [4.78, 5) is 13.9. The molecular formula is C25H30ClI2NO3. The highest BCUT2D eigenvalue weighted by Crippen LogP contribution is 2.33. The molecule has 32 heavy (non-hydrogen) atoms. The highest BCUT2D eigenvalue weighted by molar-refractivity contribution is 14.1. The van der Waals surface area contributed by atoms with Crippen molar-refractivity contribution in [1.29, 1.82) is 0 Å². The molecule has 3 rings (SSSR count). The number of fused-ring (bicyclic) bond motifs is 1. The van der Waals surface area contributed by atoms with Crippen molar-refractivity contribution in [3.05, 3.63) is 60.4 Å². The van der Waals surface area contributed by atoms with E-state index in [1.54, 1.807) is 12.1 Å². The molecule has 1 heterocycles. The van der Waals surface area contributed by atoms with Crippen molar-refractivity contribution in [2.45, 2.75) is 39.9 Å². The Kier molecular flexibility index (Phi) is 6.55. The van der Waals surface area contributed by atoms with Crippen molar-refractivity contribution in [2.75, 3.05) is 26.1 Å². The van der Waals surface area contributed by atoms with Crippen LogP contribution in [-0.2, 0) is 6.42 Å². The van der Waals surface area contributed by atoms with Gasteiger partial charge in [-0.3, -0.25) is 4.79 Å². The number of halogens is 3. The fourth-order valence-electron chi connectivity index (χ4n) is 3.21. The van der Waals surface area contributed by atoms with Gasteiger partial charge >= 0.3 is 0 Å². The summed E-state index contributed by atoms with van der Waals surface area (Å²) in [5, 5.41) is 0.723. The van der Waals surface area contributed by atoms with Gasteiger partial charge in [-0.2, -0.15) is 0 Å². The van der Waals surface area contributed by atoms with Crippen molar-refractivity contribution >= 4 is 74.3 Å². The van der Waals surface area contributed by atoms with Gasteiger partial charge in [0.15, 0.2) is 5.78 Å². The van der Waals surface area contributed by atoms with Crippen molar-refractivity contribution in [1.82, 2.24) is 4.90 Å². The van der Waals surface area contributed by atoms with Gasteiger partial charge in [0.25, 0.3) is 0 Å². The second kappa shape index (κ2) is 13.2. The minimum Gasteiger partial charge on any atom is -0.490 e. The normalized spacial score (nSPS) is 17.4. The van der Waals surface area contributed by atoms with E-state index in [0.717, 1.165) is 18.2 Å². The fourth-order valence-corrected chi connectivity index (χ4v) is 5.29. The first kappa shape index (κ1) is 15.9. The van der Waals surface area contributed by atoms with Crippen LogP contribution in [0.4, 0.5) is 0 Å². The maximum absolute atomic E-state index is 13.7. The van der Waals surface area contributed by atoms with Gasteiger partial charge in [0.2, 0.25) is 0 Å². The minimum absolute atomic E-state index is 0. The molecular weight excluding hydrogens is 652 g/mol. The van der Waals surface area contributed by atoms with Gasteiger partial charge in [-0.25, -0.2) is 0 Å². The van der Waals surface area contributed by atoms with Gasteiger partial charge in [0.05, 0.1) is 12.7 Å². The maximum Gasteiger partial charge on any atom is 0.197 e. The van der Waals surface area contributed by atoms with Gasteiger partial charge in [-0.05, 0) is 82.8 Å². The summed E-state index contributed by atoms with van der Waals surface area (Å²) < 4.78 is 90.2. The standard InChI is InChI=1S/C25H29I2NO3.ClH/c1-4-7-11-22-23(18-10-8-9-12-21(18)31-22)24(29)17-15-19(26)25(20(27)16-17)30-14-13-28(5-2)6-3;/h8-10,12,15-16H,4-7,11,13-14H2,1-3H3;1H/i2D3,3D3,5D2,6D2;. The van der Waals surface area contributed by atoms with Crippen LogP contribution in [0.15, 0.2) is 40.8 Å². The van der Waals surface area contributed by atoms with Crippen molar-refractivity contribution < 1.29 is 27.7 Å². The predicted molar refractivity (Wildman–Crippen MR) is 151 cm³/mol. The third kappa shape index (κ3) is 6.39. The molecule has 0 aliphatic heterocycles. The first-order valence-electron chi connectivity index (χ1n) is 14.8. The van der Waals surface area contributed by atoms with Crippen molar-refractivity contribution in [2.24, 2.45) is 0 Å². The second-order valence-electron chi connectivity index (χ2n) is 6.82. The zero-order chi connectivity index (χ0) is 31.0. The number of nitrogens with zero attached hydrogens (tertiary/aromatic N) is 1. The third-order valence-corrected chi connectivity index (χ3v) is 6.35. The molecule has 0 fully saturated rings. The van der Waals surface area contributed by atoms with Gasteiger partial charge in [-0.1, -0.05) is 45.2 Å². The Bertz CT molecular complexity index is 1360. The van der Waals surface area contributed by atoms with E-state index in [-0.39, 0.29) is 23.1 Å². The first-order valence-corrected chi connectivity index (χ1v) is 11.9. The molecule has 0 bridgehead atoms. The summed E-state index contributed by atoms with van der Waals surface area (Å²) in [5.41, 5.74) is 1.53. The van der Waals surface area contributed by atoms with Gasteiger partial charge in [0, 0.05) is 37.6 Å². The second-order valence-corrected chi connectivity index (χ2v) is 9.15. The number of ether oxygens (including phenoxy) is 1. The topological polar surface area (TPSA) is 42.7 Å². The number of ketones is 1. The number of hydrogen-bond donors (Lipinski definition) is 0. The number of para-hydroxylation sites is 1. The molecule has 0 saturated heterocycles. The number of hydrogen-bond acceptors (Lipinski definition) is 4. The highest BCUT2D eigenvalue weighted by atomic mass is 127. The lowest BCUT2D eigenvalue weighted by atomic mass is 9.98. The smallest absolute Gasteiger partial charge is 0.197 e. The first-order chi connectivity index (χ1) is 18.8. The molecule has 3 aromatic rings. The summed E-state index contributed by atoms with van der Waals surface area (Å²) in [6.07, 6.45) is 2.41. The molecule has 0 aliphatic rings. The lowest BCUT2D eigenvalue weighted by molar-refractivity contribution is 0.103. The molecule has 0 saturated carbocycles. The van der Waals surface area contributed by atoms with Crippen LogP contribution in [0.3, 0.4) is 0 Å². The molecule has 0 spiro atoms. The van der Waals surface area contributed by atoms with Crippen molar-refractivity contribution in [3.63, 3.8) is 0 Å². The zero-order valence-electron chi connectivity index (χ0n) is 27.3. The van der Waals surface area contributed by atoms with E-state index < -0.39 is 39.8 Å². The highest BCUT2D eigenvalue weighted by Gasteiger charge is 2.23. The Hall–Kier alpha value is -0.840. The zero-order valence-corrected chi connectivity index (χ0v) is 22.5. The summed E-state index contributed by atoms with van der Waals surface area (Å²) in [6.45, 7) is -12.3. The molecule has 174 valence electrons. The van der Waals surface area contributed by atoms with E-state index in [1.807, 2.05) is 69.4 Å². The molecule has 4 nitrogen and oxygen atoms in total. The summed E-state index contributed by atoms with van der Waals surface area (Å²) in [5.74, 6) is 0.719. The number of unbranched alkanes of at least 4 members (excludes halogenated alkanes) is 1.